The Kier molecular flexibility index (Phi) is 14.7. The Morgan fingerprint density at radius 2 is 1.36 bits per heavy atom. The number of aryl methyl sites for hydroxylation is 2. The number of hydrogen-bond acceptors (Lipinski definition) is 2. The van der Waals surface area contributed by atoms with Crippen molar-refractivity contribution in [3.8, 4) is 0 Å². The third-order valence-electron chi connectivity index (χ3n) is 3.74. The van der Waals surface area contributed by atoms with E-state index in [-0.39, 0.29) is 0 Å². The number of benzene rings is 2. The van der Waals surface area contributed by atoms with Crippen molar-refractivity contribution < 1.29 is 0 Å². The topological polar surface area (TPSA) is 3.24 Å². The molecule has 0 saturated heterocycles. The maximum Gasteiger partial charge on any atom is 0.0508 e. The first-order valence-electron chi connectivity index (χ1n) is 11.0. The summed E-state index contributed by atoms with van der Waals surface area (Å²) in [5.74, 6) is 0.833. The third kappa shape index (κ3) is 10.2. The van der Waals surface area contributed by atoms with Gasteiger partial charge in [-0.25, -0.2) is 0 Å². The van der Waals surface area contributed by atoms with Crippen LogP contribution >= 0.6 is 11.8 Å². The first kappa shape index (κ1) is 26.6. The normalized spacial score (nSPS) is 9.93. The minimum Gasteiger partial charge on any atom is -0.371 e. The van der Waals surface area contributed by atoms with Gasteiger partial charge in [0.05, 0.1) is 5.69 Å². The molecule has 0 saturated carbocycles. The maximum atomic E-state index is 2.52. The van der Waals surface area contributed by atoms with E-state index in [2.05, 4.69) is 95.8 Å². The Labute approximate surface area is 179 Å². The summed E-state index contributed by atoms with van der Waals surface area (Å²) >= 11 is 1.89. The van der Waals surface area contributed by atoms with E-state index in [1.807, 2.05) is 25.6 Å². The fourth-order valence-electron chi connectivity index (χ4n) is 2.73. The summed E-state index contributed by atoms with van der Waals surface area (Å²) in [7, 11) is 0. The molecule has 1 nitrogen and oxygen atoms in total. The van der Waals surface area contributed by atoms with Crippen LogP contribution in [-0.4, -0.2) is 13.1 Å². The van der Waals surface area contributed by atoms with Crippen LogP contribution in [0.1, 0.15) is 72.4 Å². The summed E-state index contributed by atoms with van der Waals surface area (Å²) in [6.45, 7) is 21.6. The number of anilines is 1. The van der Waals surface area contributed by atoms with Crippen molar-refractivity contribution in [3.63, 3.8) is 0 Å². The Bertz CT molecular complexity index is 640. The van der Waals surface area contributed by atoms with E-state index < -0.39 is 0 Å². The van der Waals surface area contributed by atoms with Crippen LogP contribution in [0, 0.1) is 19.8 Å². The standard InChI is InChI=1S/C20H27NS.C4H10.C2H6/c1-5-13-21(14-6-2)18-9-7-8-10-20(18)22-19-12-11-16(3)15-17(19)4;1-4(2)3;1-2/h7-12,15H,5-6,13-14H2,1-4H3;4H,1-3H3;1-2H3. The van der Waals surface area contributed by atoms with Crippen LogP contribution in [0.3, 0.4) is 0 Å². The summed E-state index contributed by atoms with van der Waals surface area (Å²) in [6, 6.07) is 15.5. The molecular weight excluding hydrogens is 358 g/mol. The average Bonchev–Trinajstić information content (AvgIpc) is 2.65. The number of para-hydroxylation sites is 1. The van der Waals surface area contributed by atoms with Gasteiger partial charge in [-0.3, -0.25) is 0 Å². The smallest absolute Gasteiger partial charge is 0.0508 e. The molecule has 0 aliphatic carbocycles. The molecule has 2 aromatic rings. The van der Waals surface area contributed by atoms with Crippen molar-refractivity contribution in [2.24, 2.45) is 5.92 Å². The minimum absolute atomic E-state index is 0.833. The van der Waals surface area contributed by atoms with E-state index in [0.717, 1.165) is 19.0 Å². The first-order valence-corrected chi connectivity index (χ1v) is 11.8. The van der Waals surface area contributed by atoms with Crippen LogP contribution in [-0.2, 0) is 0 Å². The highest BCUT2D eigenvalue weighted by molar-refractivity contribution is 7.99. The lowest BCUT2D eigenvalue weighted by Gasteiger charge is -2.26. The van der Waals surface area contributed by atoms with Crippen molar-refractivity contribution in [1.82, 2.24) is 0 Å². The van der Waals surface area contributed by atoms with Crippen molar-refractivity contribution in [2.75, 3.05) is 18.0 Å². The fraction of sp³-hybridized carbons (Fsp3) is 0.538. The molecule has 0 fully saturated rings. The molecule has 0 radical (unpaired) electrons. The van der Waals surface area contributed by atoms with Gasteiger partial charge in [-0.05, 0) is 56.4 Å². The summed E-state index contributed by atoms with van der Waals surface area (Å²) < 4.78 is 0. The van der Waals surface area contributed by atoms with Gasteiger partial charge in [0.25, 0.3) is 0 Å². The molecule has 2 rings (SSSR count). The molecule has 0 N–H and O–H groups in total. The van der Waals surface area contributed by atoms with Gasteiger partial charge in [0.15, 0.2) is 0 Å². The van der Waals surface area contributed by atoms with Crippen LogP contribution in [0.4, 0.5) is 5.69 Å². The molecule has 0 bridgehead atoms. The third-order valence-corrected chi connectivity index (χ3v) is 4.99. The number of hydrogen-bond donors (Lipinski definition) is 0. The maximum absolute atomic E-state index is 2.52. The molecule has 0 aliphatic rings. The Hall–Kier alpha value is -1.41. The second-order valence-corrected chi connectivity index (χ2v) is 8.64. The zero-order valence-corrected chi connectivity index (χ0v) is 20.6. The van der Waals surface area contributed by atoms with Crippen LogP contribution < -0.4 is 4.90 Å². The van der Waals surface area contributed by atoms with E-state index in [1.165, 1.54) is 39.4 Å². The molecule has 158 valence electrons. The van der Waals surface area contributed by atoms with Gasteiger partial charge < -0.3 is 4.90 Å². The lowest BCUT2D eigenvalue weighted by Crippen LogP contribution is -2.25. The predicted molar refractivity (Wildman–Crippen MR) is 131 cm³/mol. The van der Waals surface area contributed by atoms with Gasteiger partial charge in [0, 0.05) is 22.9 Å². The molecule has 0 spiro atoms. The van der Waals surface area contributed by atoms with Crippen molar-refractivity contribution in [2.45, 2.75) is 84.9 Å². The zero-order valence-electron chi connectivity index (χ0n) is 19.8. The lowest BCUT2D eigenvalue weighted by molar-refractivity contribution is 0.737. The highest BCUT2D eigenvalue weighted by Crippen LogP contribution is 2.37. The molecule has 0 aliphatic heterocycles. The highest BCUT2D eigenvalue weighted by Gasteiger charge is 2.11. The second-order valence-electron chi connectivity index (χ2n) is 7.56. The average molecular weight is 402 g/mol. The van der Waals surface area contributed by atoms with Gasteiger partial charge >= 0.3 is 0 Å². The van der Waals surface area contributed by atoms with Gasteiger partial charge in [0.2, 0.25) is 0 Å². The van der Waals surface area contributed by atoms with E-state index in [9.17, 15) is 0 Å². The molecule has 0 aromatic heterocycles. The quantitative estimate of drug-likeness (QED) is 0.456. The van der Waals surface area contributed by atoms with Crippen LogP contribution in [0.2, 0.25) is 0 Å². The van der Waals surface area contributed by atoms with Gasteiger partial charge in [0.1, 0.15) is 0 Å². The zero-order chi connectivity index (χ0) is 21.5. The minimum atomic E-state index is 0.833. The molecule has 0 unspecified atom stereocenters. The first-order chi connectivity index (χ1) is 13.4. The Balaban J connectivity index is 0.00000108. The molecule has 0 heterocycles. The van der Waals surface area contributed by atoms with E-state index in [0.29, 0.717) is 0 Å². The number of nitrogens with zero attached hydrogens (tertiary/aromatic N) is 1. The van der Waals surface area contributed by atoms with Crippen molar-refractivity contribution in [3.05, 3.63) is 53.6 Å². The van der Waals surface area contributed by atoms with Crippen molar-refractivity contribution >= 4 is 17.4 Å². The SMILES string of the molecule is CC.CC(C)C.CCCN(CCC)c1ccccc1Sc1ccc(C)cc1C. The van der Waals surface area contributed by atoms with Gasteiger partial charge in [-0.15, -0.1) is 0 Å². The second kappa shape index (κ2) is 15.5. The van der Waals surface area contributed by atoms with E-state index >= 15 is 0 Å². The lowest BCUT2D eigenvalue weighted by atomic mass is 10.2. The van der Waals surface area contributed by atoms with Gasteiger partial charge in [-0.1, -0.05) is 90.1 Å². The van der Waals surface area contributed by atoms with Crippen LogP contribution in [0.25, 0.3) is 0 Å². The summed E-state index contributed by atoms with van der Waals surface area (Å²) in [5, 5.41) is 0. The van der Waals surface area contributed by atoms with E-state index in [1.54, 1.807) is 0 Å². The van der Waals surface area contributed by atoms with Crippen molar-refractivity contribution in [1.29, 1.82) is 0 Å². The summed E-state index contributed by atoms with van der Waals surface area (Å²) in [4.78, 5) is 5.23. The largest absolute Gasteiger partial charge is 0.371 e. The Morgan fingerprint density at radius 1 is 0.821 bits per heavy atom. The Morgan fingerprint density at radius 3 is 1.86 bits per heavy atom. The fourth-order valence-corrected chi connectivity index (χ4v) is 3.77. The van der Waals surface area contributed by atoms with Crippen LogP contribution in [0.5, 0.6) is 0 Å². The van der Waals surface area contributed by atoms with E-state index in [4.69, 9.17) is 0 Å². The van der Waals surface area contributed by atoms with Gasteiger partial charge in [-0.2, -0.15) is 0 Å². The molecule has 28 heavy (non-hydrogen) atoms. The molecule has 0 amide bonds. The predicted octanol–water partition coefficient (Wildman–Crippen LogP) is 8.77. The number of rotatable bonds is 7. The summed E-state index contributed by atoms with van der Waals surface area (Å²) in [6.07, 6.45) is 2.37. The van der Waals surface area contributed by atoms with Crippen LogP contribution in [0.15, 0.2) is 52.3 Å². The molecule has 0 atom stereocenters. The monoisotopic (exact) mass is 401 g/mol. The molecule has 2 heteroatoms. The highest BCUT2D eigenvalue weighted by atomic mass is 32.2. The summed E-state index contributed by atoms with van der Waals surface area (Å²) in [5.41, 5.74) is 4.06. The molecule has 2 aromatic carbocycles. The molecular formula is C26H43NS.